The van der Waals surface area contributed by atoms with Crippen molar-refractivity contribution in [1.29, 1.82) is 0 Å². The van der Waals surface area contributed by atoms with Gasteiger partial charge in [0.25, 0.3) is 0 Å². The van der Waals surface area contributed by atoms with Gasteiger partial charge in [0.15, 0.2) is 0 Å². The number of aryl methyl sites for hydroxylation is 1. The lowest BCUT2D eigenvalue weighted by atomic mass is 10.0. The number of nitrogens with zero attached hydrogens (tertiary/aromatic N) is 1. The molecular formula is C18H22N2O. The van der Waals surface area contributed by atoms with Crippen molar-refractivity contribution in [3.05, 3.63) is 53.6 Å². The van der Waals surface area contributed by atoms with E-state index in [2.05, 4.69) is 61.6 Å². The molecule has 2 aromatic rings. The number of hydrogen-bond donors (Lipinski definition) is 1. The number of anilines is 2. The molecule has 1 heterocycles. The maximum atomic E-state index is 5.73. The molecule has 0 saturated heterocycles. The Morgan fingerprint density at radius 2 is 2.00 bits per heavy atom. The summed E-state index contributed by atoms with van der Waals surface area (Å²) in [5.41, 5.74) is 5.02. The molecule has 1 unspecified atom stereocenters. The average Bonchev–Trinajstić information content (AvgIpc) is 2.89. The van der Waals surface area contributed by atoms with E-state index in [9.17, 15) is 0 Å². The summed E-state index contributed by atoms with van der Waals surface area (Å²) in [6.45, 7) is 3.80. The highest BCUT2D eigenvalue weighted by molar-refractivity contribution is 5.62. The average molecular weight is 282 g/mol. The van der Waals surface area contributed by atoms with Gasteiger partial charge in [-0.1, -0.05) is 24.3 Å². The topological polar surface area (TPSA) is 24.5 Å². The molecule has 0 spiro atoms. The summed E-state index contributed by atoms with van der Waals surface area (Å²) in [6, 6.07) is 14.8. The molecule has 3 rings (SSSR count). The molecule has 3 heteroatoms. The highest BCUT2D eigenvalue weighted by Gasteiger charge is 2.23. The zero-order valence-corrected chi connectivity index (χ0v) is 12.9. The monoisotopic (exact) mass is 282 g/mol. The normalized spacial score (nSPS) is 16.2. The van der Waals surface area contributed by atoms with Crippen LogP contribution in [0.2, 0.25) is 0 Å². The highest BCUT2D eigenvalue weighted by Crippen LogP contribution is 2.33. The van der Waals surface area contributed by atoms with E-state index in [1.54, 1.807) is 0 Å². The lowest BCUT2D eigenvalue weighted by Crippen LogP contribution is -2.15. The van der Waals surface area contributed by atoms with E-state index in [1.807, 2.05) is 12.1 Å². The minimum absolute atomic E-state index is 0.422. The van der Waals surface area contributed by atoms with Crippen molar-refractivity contribution in [1.82, 2.24) is 0 Å². The van der Waals surface area contributed by atoms with Crippen LogP contribution in [0.5, 0.6) is 5.75 Å². The molecule has 0 bridgehead atoms. The van der Waals surface area contributed by atoms with Gasteiger partial charge in [0.2, 0.25) is 0 Å². The summed E-state index contributed by atoms with van der Waals surface area (Å²) >= 11 is 0. The third-order valence-electron chi connectivity index (χ3n) is 4.04. The Bertz CT molecular complexity index is 637. The van der Waals surface area contributed by atoms with Gasteiger partial charge in [-0.15, -0.1) is 0 Å². The molecule has 1 aliphatic rings. The molecule has 0 aromatic heterocycles. The Morgan fingerprint density at radius 3 is 2.81 bits per heavy atom. The number of fused-ring (bicyclic) bond motifs is 1. The zero-order chi connectivity index (χ0) is 14.8. The number of rotatable bonds is 4. The van der Waals surface area contributed by atoms with Crippen molar-refractivity contribution >= 4 is 11.4 Å². The molecule has 21 heavy (non-hydrogen) atoms. The Hall–Kier alpha value is -2.16. The second-order valence-electron chi connectivity index (χ2n) is 5.82. The first-order valence-electron chi connectivity index (χ1n) is 7.38. The number of nitrogens with one attached hydrogen (secondary N) is 1. The van der Waals surface area contributed by atoms with Crippen LogP contribution < -0.4 is 15.0 Å². The smallest absolute Gasteiger partial charge is 0.122 e. The van der Waals surface area contributed by atoms with Gasteiger partial charge in [0.1, 0.15) is 5.75 Å². The summed E-state index contributed by atoms with van der Waals surface area (Å²) in [5, 5.41) is 3.54. The van der Waals surface area contributed by atoms with Crippen LogP contribution in [0.1, 0.15) is 17.0 Å². The van der Waals surface area contributed by atoms with E-state index >= 15 is 0 Å². The van der Waals surface area contributed by atoms with Crippen molar-refractivity contribution in [2.75, 3.05) is 37.5 Å². The predicted molar refractivity (Wildman–Crippen MR) is 88.7 cm³/mol. The molecule has 0 radical (unpaired) electrons. The summed E-state index contributed by atoms with van der Waals surface area (Å²) in [6.07, 6.45) is 0. The van der Waals surface area contributed by atoms with E-state index in [0.717, 1.165) is 24.6 Å². The van der Waals surface area contributed by atoms with Crippen LogP contribution in [0.15, 0.2) is 42.5 Å². The second kappa shape index (κ2) is 5.68. The first kappa shape index (κ1) is 13.8. The minimum Gasteiger partial charge on any atom is -0.493 e. The molecule has 1 aliphatic heterocycles. The summed E-state index contributed by atoms with van der Waals surface area (Å²) in [7, 11) is 4.15. The third-order valence-corrected chi connectivity index (χ3v) is 4.04. The SMILES string of the molecule is Cc1ccc(NCC2COc3ccccc32)cc1N(C)C. The summed E-state index contributed by atoms with van der Waals surface area (Å²) in [4.78, 5) is 2.15. The van der Waals surface area contributed by atoms with Crippen molar-refractivity contribution in [2.24, 2.45) is 0 Å². The first-order valence-corrected chi connectivity index (χ1v) is 7.38. The van der Waals surface area contributed by atoms with Crippen LogP contribution in [0.25, 0.3) is 0 Å². The molecule has 1 N–H and O–H groups in total. The molecule has 2 aromatic carbocycles. The van der Waals surface area contributed by atoms with Crippen molar-refractivity contribution in [3.8, 4) is 5.75 Å². The van der Waals surface area contributed by atoms with Gasteiger partial charge in [0.05, 0.1) is 6.61 Å². The van der Waals surface area contributed by atoms with E-state index in [4.69, 9.17) is 4.74 Å². The van der Waals surface area contributed by atoms with Gasteiger partial charge in [-0.25, -0.2) is 0 Å². The fourth-order valence-corrected chi connectivity index (χ4v) is 2.84. The Morgan fingerprint density at radius 1 is 1.19 bits per heavy atom. The molecule has 0 amide bonds. The largest absolute Gasteiger partial charge is 0.493 e. The molecule has 3 nitrogen and oxygen atoms in total. The van der Waals surface area contributed by atoms with E-state index in [1.165, 1.54) is 16.8 Å². The van der Waals surface area contributed by atoms with E-state index < -0.39 is 0 Å². The molecular weight excluding hydrogens is 260 g/mol. The lowest BCUT2D eigenvalue weighted by molar-refractivity contribution is 0.334. The second-order valence-corrected chi connectivity index (χ2v) is 5.82. The number of para-hydroxylation sites is 1. The van der Waals surface area contributed by atoms with Crippen molar-refractivity contribution in [2.45, 2.75) is 12.8 Å². The van der Waals surface area contributed by atoms with Crippen molar-refractivity contribution < 1.29 is 4.74 Å². The maximum Gasteiger partial charge on any atom is 0.122 e. The fourth-order valence-electron chi connectivity index (χ4n) is 2.84. The van der Waals surface area contributed by atoms with Gasteiger partial charge in [-0.2, -0.15) is 0 Å². The Balaban J connectivity index is 1.70. The molecule has 0 saturated carbocycles. The van der Waals surface area contributed by atoms with Crippen LogP contribution in [-0.2, 0) is 0 Å². The van der Waals surface area contributed by atoms with Crippen LogP contribution in [0, 0.1) is 6.92 Å². The summed E-state index contributed by atoms with van der Waals surface area (Å²) < 4.78 is 5.73. The Labute approximate surface area is 126 Å². The van der Waals surface area contributed by atoms with Gasteiger partial charge >= 0.3 is 0 Å². The Kier molecular flexibility index (Phi) is 3.74. The van der Waals surface area contributed by atoms with Crippen LogP contribution in [-0.4, -0.2) is 27.2 Å². The fraction of sp³-hybridized carbons (Fsp3) is 0.333. The zero-order valence-electron chi connectivity index (χ0n) is 12.9. The number of benzene rings is 2. The number of hydrogen-bond acceptors (Lipinski definition) is 3. The quantitative estimate of drug-likeness (QED) is 0.926. The van der Waals surface area contributed by atoms with Gasteiger partial charge in [-0.3, -0.25) is 0 Å². The van der Waals surface area contributed by atoms with Crippen LogP contribution >= 0.6 is 0 Å². The molecule has 110 valence electrons. The molecule has 0 fully saturated rings. The van der Waals surface area contributed by atoms with Gasteiger partial charge < -0.3 is 15.0 Å². The lowest BCUT2D eigenvalue weighted by Gasteiger charge is -2.18. The van der Waals surface area contributed by atoms with Crippen LogP contribution in [0.4, 0.5) is 11.4 Å². The summed E-state index contributed by atoms with van der Waals surface area (Å²) in [5.74, 6) is 1.45. The predicted octanol–water partition coefficient (Wildman–Crippen LogP) is 3.65. The third kappa shape index (κ3) is 2.82. The minimum atomic E-state index is 0.422. The molecule has 1 atom stereocenters. The number of ether oxygens (including phenoxy) is 1. The maximum absolute atomic E-state index is 5.73. The highest BCUT2D eigenvalue weighted by atomic mass is 16.5. The van der Waals surface area contributed by atoms with Gasteiger partial charge in [-0.05, 0) is 30.7 Å². The standard InChI is InChI=1S/C18H22N2O/c1-13-8-9-15(10-17(13)20(2)3)19-11-14-12-21-18-7-5-4-6-16(14)18/h4-10,14,19H,11-12H2,1-3H3. The first-order chi connectivity index (χ1) is 10.1. The van der Waals surface area contributed by atoms with Gasteiger partial charge in [0, 0.05) is 43.5 Å². The van der Waals surface area contributed by atoms with Crippen LogP contribution in [0.3, 0.4) is 0 Å². The van der Waals surface area contributed by atoms with E-state index in [-0.39, 0.29) is 0 Å². The van der Waals surface area contributed by atoms with E-state index in [0.29, 0.717) is 5.92 Å². The molecule has 0 aliphatic carbocycles. The van der Waals surface area contributed by atoms with Crippen molar-refractivity contribution in [3.63, 3.8) is 0 Å².